The van der Waals surface area contributed by atoms with E-state index >= 15 is 0 Å². The van der Waals surface area contributed by atoms with Gasteiger partial charge in [-0.3, -0.25) is 0 Å². The molecular weight excluding hydrogens is 447 g/mol. The minimum Gasteiger partial charge on any atom is -0.744 e. The van der Waals surface area contributed by atoms with Crippen molar-refractivity contribution in [3.8, 4) is 0 Å². The predicted octanol–water partition coefficient (Wildman–Crippen LogP) is -2.76. The summed E-state index contributed by atoms with van der Waals surface area (Å²) in [5, 5.41) is 7.56. The van der Waals surface area contributed by atoms with Crippen LogP contribution in [0.1, 0.15) is 12.7 Å². The Balaban J connectivity index is 0.00000364. The summed E-state index contributed by atoms with van der Waals surface area (Å²) >= 11 is 0. The molecule has 0 amide bonds. The van der Waals surface area contributed by atoms with Crippen molar-refractivity contribution in [2.75, 3.05) is 11.1 Å². The fraction of sp³-hybridized carbons (Fsp3) is 0.231. The summed E-state index contributed by atoms with van der Waals surface area (Å²) < 4.78 is 87.5. The average Bonchev–Trinajstić information content (AvgIpc) is 3.03. The maximum atomic E-state index is 12.2. The molecule has 0 aliphatic rings. The molecular formula is C13H15KN2O8S3. The fourth-order valence-electron chi connectivity index (χ4n) is 2.10. The number of sulfonamides is 1. The number of hydrogen-bond donors (Lipinski definition) is 2. The van der Waals surface area contributed by atoms with Crippen LogP contribution in [-0.2, 0) is 36.5 Å². The Hall–Kier alpha value is -0.294. The number of rotatable bonds is 7. The van der Waals surface area contributed by atoms with E-state index < -0.39 is 50.4 Å². The van der Waals surface area contributed by atoms with Crippen LogP contribution >= 0.6 is 0 Å². The van der Waals surface area contributed by atoms with E-state index in [1.807, 2.05) is 0 Å². The fourth-order valence-corrected chi connectivity index (χ4v) is 5.16. The van der Waals surface area contributed by atoms with Crippen molar-refractivity contribution in [3.63, 3.8) is 0 Å². The molecule has 0 saturated heterocycles. The minimum absolute atomic E-state index is 0. The number of primary sulfonamides is 1. The number of anilines is 1. The molecule has 1 aromatic heterocycles. The first-order chi connectivity index (χ1) is 11.9. The SMILES string of the molecule is CCS(=O)(=O)c1cc(NCc2ccco2)c(S(=O)(=O)[O-])cc1S(N)(=O)=O.[K+]. The quantitative estimate of drug-likeness (QED) is 0.326. The van der Waals surface area contributed by atoms with Crippen LogP contribution in [0, 0.1) is 0 Å². The Labute approximate surface area is 199 Å². The van der Waals surface area contributed by atoms with Gasteiger partial charge in [0.15, 0.2) is 9.84 Å². The summed E-state index contributed by atoms with van der Waals surface area (Å²) in [6.45, 7) is 1.20. The molecule has 0 radical (unpaired) electrons. The summed E-state index contributed by atoms with van der Waals surface area (Å²) in [7, 11) is -13.8. The van der Waals surface area contributed by atoms with Crippen molar-refractivity contribution in [2.24, 2.45) is 5.14 Å². The molecule has 3 N–H and O–H groups in total. The number of nitrogens with one attached hydrogen (secondary N) is 1. The second-order valence-electron chi connectivity index (χ2n) is 5.13. The van der Waals surface area contributed by atoms with E-state index in [1.165, 1.54) is 13.2 Å². The molecule has 0 aliphatic carbocycles. The molecule has 27 heavy (non-hydrogen) atoms. The van der Waals surface area contributed by atoms with Gasteiger partial charge in [-0.2, -0.15) is 0 Å². The summed E-state index contributed by atoms with van der Waals surface area (Å²) in [5.41, 5.74) is -0.379. The number of benzene rings is 1. The second kappa shape index (κ2) is 9.02. The Morgan fingerprint density at radius 1 is 1.07 bits per heavy atom. The third-order valence-electron chi connectivity index (χ3n) is 3.37. The molecule has 0 fully saturated rings. The number of hydrogen-bond acceptors (Lipinski definition) is 9. The first kappa shape index (κ1) is 24.7. The Kier molecular flexibility index (Phi) is 8.27. The van der Waals surface area contributed by atoms with Gasteiger partial charge in [0.1, 0.15) is 20.8 Å². The van der Waals surface area contributed by atoms with E-state index in [4.69, 9.17) is 9.56 Å². The van der Waals surface area contributed by atoms with Crippen molar-refractivity contribution < 1.29 is 85.6 Å². The van der Waals surface area contributed by atoms with Crippen molar-refractivity contribution >= 4 is 35.7 Å². The standard InChI is InChI=1S/C13H16N2O8S3.K/c1-2-24(16,17)12-6-10(15-8-9-4-3-5-23-9)11(26(20,21)22)7-13(12)25(14,18)19;/h3-7,15H,2,8H2,1H3,(H2,14,18,19)(H,20,21,22);/q;+1/p-1. The van der Waals surface area contributed by atoms with Crippen LogP contribution in [0.15, 0.2) is 49.6 Å². The summed E-state index contributed by atoms with van der Waals surface area (Å²) in [6.07, 6.45) is 1.36. The van der Waals surface area contributed by atoms with Crippen LogP contribution in [0.5, 0.6) is 0 Å². The topological polar surface area (TPSA) is 177 Å². The third kappa shape index (κ3) is 6.09. The van der Waals surface area contributed by atoms with E-state index in [0.29, 0.717) is 11.8 Å². The van der Waals surface area contributed by atoms with Crippen molar-refractivity contribution in [1.29, 1.82) is 0 Å². The normalized spacial score (nSPS) is 12.4. The smallest absolute Gasteiger partial charge is 0.744 e. The van der Waals surface area contributed by atoms with Crippen LogP contribution in [-0.4, -0.2) is 35.6 Å². The Morgan fingerprint density at radius 3 is 2.15 bits per heavy atom. The van der Waals surface area contributed by atoms with Gasteiger partial charge in [0.2, 0.25) is 10.0 Å². The third-order valence-corrected chi connectivity index (χ3v) is 7.09. The van der Waals surface area contributed by atoms with Gasteiger partial charge in [-0.1, -0.05) is 6.92 Å². The van der Waals surface area contributed by atoms with Crippen LogP contribution in [0.2, 0.25) is 0 Å². The molecule has 0 aliphatic heterocycles. The van der Waals surface area contributed by atoms with Gasteiger partial charge < -0.3 is 14.3 Å². The number of nitrogens with two attached hydrogens (primary N) is 1. The summed E-state index contributed by atoms with van der Waals surface area (Å²) in [4.78, 5) is -2.60. The van der Waals surface area contributed by atoms with Crippen molar-refractivity contribution in [2.45, 2.75) is 28.2 Å². The molecule has 2 rings (SSSR count). The first-order valence-electron chi connectivity index (χ1n) is 7.02. The average molecular weight is 463 g/mol. The van der Waals surface area contributed by atoms with Crippen LogP contribution in [0.25, 0.3) is 0 Å². The number of sulfone groups is 1. The van der Waals surface area contributed by atoms with Gasteiger partial charge in [0.25, 0.3) is 0 Å². The maximum Gasteiger partial charge on any atom is 1.00 e. The molecule has 0 saturated carbocycles. The molecule has 14 heteroatoms. The zero-order valence-electron chi connectivity index (χ0n) is 14.4. The molecule has 1 heterocycles. The summed E-state index contributed by atoms with van der Waals surface area (Å²) in [6, 6.07) is 4.34. The largest absolute Gasteiger partial charge is 1.00 e. The molecule has 0 spiro atoms. The number of furan rings is 1. The van der Waals surface area contributed by atoms with Crippen molar-refractivity contribution in [1.82, 2.24) is 0 Å². The Morgan fingerprint density at radius 2 is 1.70 bits per heavy atom. The first-order valence-corrected chi connectivity index (χ1v) is 11.6. The maximum absolute atomic E-state index is 12.2. The minimum atomic E-state index is -5.13. The predicted molar refractivity (Wildman–Crippen MR) is 89.5 cm³/mol. The second-order valence-corrected chi connectivity index (χ2v) is 10.3. The molecule has 10 nitrogen and oxygen atoms in total. The monoisotopic (exact) mass is 462 g/mol. The van der Waals surface area contributed by atoms with Crippen LogP contribution in [0.4, 0.5) is 5.69 Å². The Bertz CT molecular complexity index is 1120. The molecule has 0 atom stereocenters. The molecule has 0 unspecified atom stereocenters. The molecule has 144 valence electrons. The summed E-state index contributed by atoms with van der Waals surface area (Å²) in [5.74, 6) is -0.0916. The van der Waals surface area contributed by atoms with Gasteiger partial charge in [-0.25, -0.2) is 30.4 Å². The zero-order chi connectivity index (χ0) is 19.8. The van der Waals surface area contributed by atoms with Gasteiger partial charge in [-0.15, -0.1) is 0 Å². The van der Waals surface area contributed by atoms with Gasteiger partial charge in [0.05, 0.1) is 34.0 Å². The zero-order valence-corrected chi connectivity index (χ0v) is 19.9. The van der Waals surface area contributed by atoms with E-state index in [-0.39, 0.29) is 63.6 Å². The van der Waals surface area contributed by atoms with Gasteiger partial charge >= 0.3 is 51.4 Å². The molecule has 0 bridgehead atoms. The van der Waals surface area contributed by atoms with Gasteiger partial charge in [0, 0.05) is 0 Å². The van der Waals surface area contributed by atoms with E-state index in [1.54, 1.807) is 12.1 Å². The van der Waals surface area contributed by atoms with Crippen LogP contribution in [0.3, 0.4) is 0 Å². The molecule has 2 aromatic rings. The van der Waals surface area contributed by atoms with E-state index in [2.05, 4.69) is 5.32 Å². The van der Waals surface area contributed by atoms with Crippen LogP contribution < -0.4 is 61.8 Å². The van der Waals surface area contributed by atoms with Crippen molar-refractivity contribution in [3.05, 3.63) is 36.3 Å². The van der Waals surface area contributed by atoms with E-state index in [0.717, 1.165) is 6.07 Å². The molecule has 1 aromatic carbocycles. The van der Waals surface area contributed by atoms with E-state index in [9.17, 15) is 29.8 Å². The van der Waals surface area contributed by atoms with Gasteiger partial charge in [-0.05, 0) is 24.3 Å².